The van der Waals surface area contributed by atoms with Gasteiger partial charge in [-0.05, 0) is 25.1 Å². The maximum absolute atomic E-state index is 13.2. The number of carbonyl (C=O) groups is 2. The Labute approximate surface area is 179 Å². The largest absolute Gasteiger partial charge is 0.507 e. The molecule has 1 atom stereocenters. The fourth-order valence-corrected chi connectivity index (χ4v) is 4.17. The minimum absolute atomic E-state index is 0.0856. The van der Waals surface area contributed by atoms with Crippen LogP contribution in [0.15, 0.2) is 90.6 Å². The number of para-hydroxylation sites is 2. The van der Waals surface area contributed by atoms with Gasteiger partial charge in [-0.1, -0.05) is 66.2 Å². The van der Waals surface area contributed by atoms with E-state index in [1.807, 2.05) is 61.5 Å². The molecule has 1 unspecified atom stereocenters. The summed E-state index contributed by atoms with van der Waals surface area (Å²) in [5, 5.41) is 12.1. The topological polar surface area (TPSA) is 73.4 Å². The van der Waals surface area contributed by atoms with E-state index in [4.69, 9.17) is 0 Å². The second-order valence-corrected chi connectivity index (χ2v) is 7.66. The number of anilines is 1. The summed E-state index contributed by atoms with van der Waals surface area (Å²) in [6, 6.07) is 23.3. The van der Waals surface area contributed by atoms with Gasteiger partial charge in [0.05, 0.1) is 11.6 Å². The molecule has 5 heteroatoms. The molecule has 3 aromatic carbocycles. The first-order valence-corrected chi connectivity index (χ1v) is 10.1. The average Bonchev–Trinajstić information content (AvgIpc) is 3.33. The minimum Gasteiger partial charge on any atom is -0.507 e. The van der Waals surface area contributed by atoms with E-state index in [9.17, 15) is 14.7 Å². The molecule has 1 aliphatic rings. The molecule has 5 nitrogen and oxygen atoms in total. The molecule has 0 aliphatic carbocycles. The van der Waals surface area contributed by atoms with E-state index in [-0.39, 0.29) is 11.3 Å². The molecule has 152 valence electrons. The van der Waals surface area contributed by atoms with E-state index in [1.54, 1.807) is 30.5 Å². The van der Waals surface area contributed by atoms with Crippen LogP contribution in [0.2, 0.25) is 0 Å². The summed E-state index contributed by atoms with van der Waals surface area (Å²) in [7, 11) is 0. The number of aliphatic hydroxyl groups is 1. The summed E-state index contributed by atoms with van der Waals surface area (Å²) in [6.07, 6.45) is 1.81. The van der Waals surface area contributed by atoms with Gasteiger partial charge in [0, 0.05) is 33.9 Å². The molecule has 31 heavy (non-hydrogen) atoms. The molecule has 0 spiro atoms. The zero-order valence-corrected chi connectivity index (χ0v) is 16.9. The van der Waals surface area contributed by atoms with Crippen molar-refractivity contribution in [2.24, 2.45) is 0 Å². The molecule has 0 radical (unpaired) electrons. The van der Waals surface area contributed by atoms with E-state index in [0.717, 1.165) is 22.0 Å². The highest BCUT2D eigenvalue weighted by Crippen LogP contribution is 2.44. The number of hydrogen-bond acceptors (Lipinski definition) is 3. The average molecular weight is 408 g/mol. The van der Waals surface area contributed by atoms with Crippen molar-refractivity contribution >= 4 is 34.0 Å². The Morgan fingerprint density at radius 1 is 0.903 bits per heavy atom. The highest BCUT2D eigenvalue weighted by molar-refractivity contribution is 6.51. The molecule has 1 saturated heterocycles. The number of aryl methyl sites for hydroxylation is 1. The molecular weight excluding hydrogens is 388 g/mol. The minimum atomic E-state index is -0.750. The Morgan fingerprint density at radius 2 is 1.58 bits per heavy atom. The number of amides is 1. The molecule has 1 aromatic heterocycles. The molecule has 4 aromatic rings. The van der Waals surface area contributed by atoms with Crippen molar-refractivity contribution in [3.8, 4) is 0 Å². The maximum Gasteiger partial charge on any atom is 0.300 e. The van der Waals surface area contributed by atoms with Crippen molar-refractivity contribution in [2.45, 2.75) is 13.0 Å². The highest BCUT2D eigenvalue weighted by atomic mass is 16.3. The lowest BCUT2D eigenvalue weighted by molar-refractivity contribution is -0.132. The Morgan fingerprint density at radius 3 is 2.32 bits per heavy atom. The molecule has 0 bridgehead atoms. The number of benzene rings is 3. The zero-order valence-electron chi connectivity index (χ0n) is 16.9. The number of aliphatic hydroxyl groups excluding tert-OH is 1. The van der Waals surface area contributed by atoms with Crippen molar-refractivity contribution in [3.63, 3.8) is 0 Å². The van der Waals surface area contributed by atoms with Crippen molar-refractivity contribution < 1.29 is 14.7 Å². The summed E-state index contributed by atoms with van der Waals surface area (Å²) in [4.78, 5) is 31.1. The van der Waals surface area contributed by atoms with Crippen molar-refractivity contribution in [1.29, 1.82) is 0 Å². The van der Waals surface area contributed by atoms with Crippen molar-refractivity contribution in [1.82, 2.24) is 4.98 Å². The van der Waals surface area contributed by atoms with Gasteiger partial charge in [0.15, 0.2) is 0 Å². The van der Waals surface area contributed by atoms with Crippen LogP contribution in [0.25, 0.3) is 16.7 Å². The summed E-state index contributed by atoms with van der Waals surface area (Å²) in [6.45, 7) is 1.95. The number of nitrogens with zero attached hydrogens (tertiary/aromatic N) is 1. The number of nitrogens with one attached hydrogen (secondary N) is 1. The van der Waals surface area contributed by atoms with Gasteiger partial charge in [0.25, 0.3) is 11.7 Å². The summed E-state index contributed by atoms with van der Waals surface area (Å²) in [5.41, 5.74) is 3.88. The standard InChI is InChI=1S/C26H20N2O3/c1-16-11-13-17(14-12-16)24(29)22-23(20-15-27-21-10-6-5-9-19(20)21)28(26(31)25(22)30)18-7-3-2-4-8-18/h2-15,23,27,29H,1H3/b24-22+. The van der Waals surface area contributed by atoms with Crippen LogP contribution < -0.4 is 4.90 Å². The van der Waals surface area contributed by atoms with Gasteiger partial charge >= 0.3 is 0 Å². The monoisotopic (exact) mass is 408 g/mol. The molecule has 1 fully saturated rings. The molecule has 1 aliphatic heterocycles. The number of aromatic amines is 1. The number of ketones is 1. The Balaban J connectivity index is 1.78. The molecule has 0 saturated carbocycles. The molecular formula is C26H20N2O3. The SMILES string of the molecule is Cc1ccc(/C(O)=C2\C(=O)C(=O)N(c3ccccc3)C2c2c[nH]c3ccccc23)cc1. The van der Waals surface area contributed by atoms with Crippen LogP contribution in [-0.4, -0.2) is 21.8 Å². The second kappa shape index (κ2) is 7.29. The normalized spacial score (nSPS) is 18.1. The van der Waals surface area contributed by atoms with Gasteiger partial charge in [-0.25, -0.2) is 0 Å². The van der Waals surface area contributed by atoms with Gasteiger partial charge in [-0.3, -0.25) is 14.5 Å². The van der Waals surface area contributed by atoms with Gasteiger partial charge in [-0.2, -0.15) is 0 Å². The third-order valence-electron chi connectivity index (χ3n) is 5.72. The van der Waals surface area contributed by atoms with E-state index in [2.05, 4.69) is 4.98 Å². The number of H-pyrrole nitrogens is 1. The first kappa shape index (κ1) is 18.9. The number of carbonyl (C=O) groups excluding carboxylic acids is 2. The fraction of sp³-hybridized carbons (Fsp3) is 0.0769. The van der Waals surface area contributed by atoms with Crippen LogP contribution in [-0.2, 0) is 9.59 Å². The predicted octanol–water partition coefficient (Wildman–Crippen LogP) is 5.10. The Hall–Kier alpha value is -4.12. The van der Waals surface area contributed by atoms with E-state index in [1.165, 1.54) is 4.90 Å². The van der Waals surface area contributed by atoms with E-state index < -0.39 is 17.7 Å². The number of rotatable bonds is 3. The first-order chi connectivity index (χ1) is 15.1. The van der Waals surface area contributed by atoms with Crippen LogP contribution in [0, 0.1) is 6.92 Å². The van der Waals surface area contributed by atoms with Gasteiger partial charge in [0.2, 0.25) is 0 Å². The molecule has 1 amide bonds. The lowest BCUT2D eigenvalue weighted by Gasteiger charge is -2.25. The van der Waals surface area contributed by atoms with Crippen LogP contribution in [0.3, 0.4) is 0 Å². The third kappa shape index (κ3) is 3.02. The number of aromatic nitrogens is 1. The van der Waals surface area contributed by atoms with Crippen LogP contribution in [0.4, 0.5) is 5.69 Å². The summed E-state index contributed by atoms with van der Waals surface area (Å²) < 4.78 is 0. The van der Waals surface area contributed by atoms with Crippen molar-refractivity contribution in [3.05, 3.63) is 107 Å². The lowest BCUT2D eigenvalue weighted by Crippen LogP contribution is -2.29. The first-order valence-electron chi connectivity index (χ1n) is 10.1. The Bertz CT molecular complexity index is 1330. The number of Topliss-reactive ketones (excluding diaryl/α,β-unsaturated/α-hetero) is 1. The predicted molar refractivity (Wildman–Crippen MR) is 121 cm³/mol. The molecule has 2 N–H and O–H groups in total. The van der Waals surface area contributed by atoms with Gasteiger partial charge < -0.3 is 10.1 Å². The number of hydrogen-bond donors (Lipinski definition) is 2. The summed E-state index contributed by atoms with van der Waals surface area (Å²) >= 11 is 0. The van der Waals surface area contributed by atoms with E-state index >= 15 is 0 Å². The Kier molecular flexibility index (Phi) is 4.44. The fourth-order valence-electron chi connectivity index (χ4n) is 4.17. The van der Waals surface area contributed by atoms with Crippen LogP contribution >= 0.6 is 0 Å². The van der Waals surface area contributed by atoms with Crippen LogP contribution in [0.5, 0.6) is 0 Å². The number of fused-ring (bicyclic) bond motifs is 1. The van der Waals surface area contributed by atoms with Gasteiger partial charge in [-0.15, -0.1) is 0 Å². The van der Waals surface area contributed by atoms with E-state index in [0.29, 0.717) is 11.3 Å². The second-order valence-electron chi connectivity index (χ2n) is 7.66. The zero-order chi connectivity index (χ0) is 21.5. The molecule has 5 rings (SSSR count). The van der Waals surface area contributed by atoms with Crippen LogP contribution in [0.1, 0.15) is 22.7 Å². The third-order valence-corrected chi connectivity index (χ3v) is 5.72. The molecule has 2 heterocycles. The smallest absolute Gasteiger partial charge is 0.300 e. The van der Waals surface area contributed by atoms with Gasteiger partial charge in [0.1, 0.15) is 5.76 Å². The van der Waals surface area contributed by atoms with Crippen molar-refractivity contribution in [2.75, 3.05) is 4.90 Å². The highest BCUT2D eigenvalue weighted by Gasteiger charge is 2.47. The summed E-state index contributed by atoms with van der Waals surface area (Å²) in [5.74, 6) is -1.53. The maximum atomic E-state index is 13.2. The quantitative estimate of drug-likeness (QED) is 0.281. The lowest BCUT2D eigenvalue weighted by atomic mass is 9.94.